The van der Waals surface area contributed by atoms with Gasteiger partial charge in [-0.3, -0.25) is 10.6 Å². The van der Waals surface area contributed by atoms with Crippen molar-refractivity contribution in [2.24, 2.45) is 0 Å². The van der Waals surface area contributed by atoms with Gasteiger partial charge < -0.3 is 9.47 Å². The lowest BCUT2D eigenvalue weighted by Crippen LogP contribution is -2.42. The summed E-state index contributed by atoms with van der Waals surface area (Å²) in [4.78, 5) is 14.5. The van der Waals surface area contributed by atoms with E-state index >= 15 is 0 Å². The van der Waals surface area contributed by atoms with Crippen LogP contribution in [-0.4, -0.2) is 54.9 Å². The maximum absolute atomic E-state index is 12.2. The first-order chi connectivity index (χ1) is 12.7. The minimum atomic E-state index is -0.244. The molecule has 142 valence electrons. The van der Waals surface area contributed by atoms with Gasteiger partial charge in [-0.25, -0.2) is 13.9 Å². The molecule has 7 heteroatoms. The number of para-hydroxylation sites is 2. The molecule has 0 saturated carbocycles. The third-order valence-electron chi connectivity index (χ3n) is 4.81. The maximum atomic E-state index is 12.2. The predicted molar refractivity (Wildman–Crippen MR) is 99.7 cm³/mol. The number of hydrogen-bond donors (Lipinski definition) is 1. The summed E-state index contributed by atoms with van der Waals surface area (Å²) in [5.41, 5.74) is 8.41. The zero-order valence-corrected chi connectivity index (χ0v) is 15.5. The molecule has 0 unspecified atom stereocenters. The molecule has 1 fully saturated rings. The van der Waals surface area contributed by atoms with Crippen molar-refractivity contribution in [2.75, 3.05) is 45.2 Å². The Morgan fingerprint density at radius 2 is 2.04 bits per heavy atom. The first kappa shape index (κ1) is 18.7. The number of benzene rings is 1. The van der Waals surface area contributed by atoms with E-state index in [-0.39, 0.29) is 12.5 Å². The molecule has 1 aliphatic heterocycles. The summed E-state index contributed by atoms with van der Waals surface area (Å²) in [6, 6.07) is 8.00. The average Bonchev–Trinajstić information content (AvgIpc) is 2.93. The molecule has 2 N–H and O–H groups in total. The normalized spacial score (nSPS) is 15.4. The number of carbonyl (C=O) groups excluding carboxylic acids is 1. The molecule has 3 rings (SSSR count). The predicted octanol–water partition coefficient (Wildman–Crippen LogP) is 1.19. The van der Waals surface area contributed by atoms with Gasteiger partial charge in [0.1, 0.15) is 11.0 Å². The van der Waals surface area contributed by atoms with Crippen LogP contribution < -0.4 is 10.3 Å². The number of anilines is 1. The Balaban J connectivity index is 1.76. The topological polar surface area (TPSA) is 73.6 Å². The van der Waals surface area contributed by atoms with Gasteiger partial charge in [0.15, 0.2) is 6.54 Å². The number of esters is 1. The second kappa shape index (κ2) is 9.00. The van der Waals surface area contributed by atoms with E-state index in [2.05, 4.69) is 16.4 Å². The number of carbonyl (C=O) groups is 1. The highest BCUT2D eigenvalue weighted by molar-refractivity contribution is 5.75. The van der Waals surface area contributed by atoms with Crippen molar-refractivity contribution < 1.29 is 18.8 Å². The molecule has 1 saturated heterocycles. The van der Waals surface area contributed by atoms with Crippen LogP contribution in [0.3, 0.4) is 0 Å². The monoisotopic (exact) mass is 361 g/mol. The van der Waals surface area contributed by atoms with Crippen molar-refractivity contribution in [1.29, 1.82) is 0 Å². The van der Waals surface area contributed by atoms with Crippen molar-refractivity contribution in [3.05, 3.63) is 24.3 Å². The van der Waals surface area contributed by atoms with E-state index < -0.39 is 0 Å². The molecule has 1 aromatic heterocycles. The molecule has 7 nitrogen and oxygen atoms in total. The van der Waals surface area contributed by atoms with Crippen molar-refractivity contribution in [3.8, 4) is 0 Å². The van der Waals surface area contributed by atoms with Gasteiger partial charge in [-0.05, 0) is 18.6 Å². The Morgan fingerprint density at radius 3 is 2.81 bits per heavy atom. The summed E-state index contributed by atoms with van der Waals surface area (Å²) in [7, 11) is 0. The van der Waals surface area contributed by atoms with Gasteiger partial charge in [0.05, 0.1) is 26.4 Å². The van der Waals surface area contributed by atoms with Crippen LogP contribution >= 0.6 is 0 Å². The molecule has 2 aromatic rings. The van der Waals surface area contributed by atoms with E-state index in [9.17, 15) is 4.79 Å². The number of aromatic nitrogens is 2. The molecule has 0 bridgehead atoms. The van der Waals surface area contributed by atoms with Crippen LogP contribution in [-0.2, 0) is 27.4 Å². The number of fused-ring (bicyclic) bond motifs is 1. The van der Waals surface area contributed by atoms with E-state index in [1.807, 2.05) is 28.8 Å². The SMILES string of the molecule is CCCCOC(=O)C[n+]1c(N)n(CCN2CCOCC2)c2ccccc21. The van der Waals surface area contributed by atoms with Gasteiger partial charge in [-0.1, -0.05) is 25.5 Å². The summed E-state index contributed by atoms with van der Waals surface area (Å²) in [6.07, 6.45) is 1.89. The summed E-state index contributed by atoms with van der Waals surface area (Å²) >= 11 is 0. The molecule has 2 heterocycles. The quantitative estimate of drug-likeness (QED) is 0.434. The van der Waals surface area contributed by atoms with E-state index in [1.165, 1.54) is 0 Å². The fourth-order valence-corrected chi connectivity index (χ4v) is 3.29. The fraction of sp³-hybridized carbons (Fsp3) is 0.579. The van der Waals surface area contributed by atoms with Crippen molar-refractivity contribution in [1.82, 2.24) is 9.47 Å². The van der Waals surface area contributed by atoms with E-state index in [0.29, 0.717) is 12.6 Å². The second-order valence-electron chi connectivity index (χ2n) is 6.61. The van der Waals surface area contributed by atoms with Crippen LogP contribution in [0.2, 0.25) is 0 Å². The molecular formula is C19H29N4O3+. The van der Waals surface area contributed by atoms with Gasteiger partial charge in [0.25, 0.3) is 0 Å². The van der Waals surface area contributed by atoms with E-state index in [4.69, 9.17) is 15.2 Å². The van der Waals surface area contributed by atoms with Crippen LogP contribution in [0.25, 0.3) is 11.0 Å². The van der Waals surface area contributed by atoms with Crippen LogP contribution in [0.4, 0.5) is 5.95 Å². The van der Waals surface area contributed by atoms with Gasteiger partial charge in [0.2, 0.25) is 0 Å². The van der Waals surface area contributed by atoms with Crippen LogP contribution in [0.1, 0.15) is 19.8 Å². The van der Waals surface area contributed by atoms with Crippen molar-refractivity contribution >= 4 is 23.0 Å². The lowest BCUT2D eigenvalue weighted by Gasteiger charge is -2.25. The van der Waals surface area contributed by atoms with Crippen LogP contribution in [0, 0.1) is 0 Å². The number of nitrogens with zero attached hydrogens (tertiary/aromatic N) is 3. The molecule has 1 aromatic carbocycles. The smallest absolute Gasteiger partial charge is 0.356 e. The number of unbranched alkanes of at least 4 members (excludes halogenated alkanes) is 1. The highest BCUT2D eigenvalue weighted by atomic mass is 16.5. The fourth-order valence-electron chi connectivity index (χ4n) is 3.29. The largest absolute Gasteiger partial charge is 0.463 e. The third-order valence-corrected chi connectivity index (χ3v) is 4.81. The minimum Gasteiger partial charge on any atom is -0.463 e. The first-order valence-corrected chi connectivity index (χ1v) is 9.43. The molecule has 0 aliphatic carbocycles. The summed E-state index contributed by atoms with van der Waals surface area (Å²) in [5, 5.41) is 0. The van der Waals surface area contributed by atoms with E-state index in [1.54, 1.807) is 0 Å². The molecular weight excluding hydrogens is 332 g/mol. The van der Waals surface area contributed by atoms with Crippen LogP contribution in [0.5, 0.6) is 0 Å². The highest BCUT2D eigenvalue weighted by Gasteiger charge is 2.23. The molecule has 0 amide bonds. The number of imidazole rings is 1. The van der Waals surface area contributed by atoms with Gasteiger partial charge in [0, 0.05) is 19.6 Å². The molecule has 0 radical (unpaired) electrons. The third kappa shape index (κ3) is 4.34. The van der Waals surface area contributed by atoms with Gasteiger partial charge >= 0.3 is 11.9 Å². The number of nitrogens with two attached hydrogens (primary N) is 1. The number of rotatable bonds is 8. The Bertz CT molecular complexity index is 738. The Morgan fingerprint density at radius 1 is 1.27 bits per heavy atom. The van der Waals surface area contributed by atoms with Crippen molar-refractivity contribution in [3.63, 3.8) is 0 Å². The first-order valence-electron chi connectivity index (χ1n) is 9.43. The Hall–Kier alpha value is -2.12. The molecule has 0 atom stereocenters. The van der Waals surface area contributed by atoms with Gasteiger partial charge in [-0.2, -0.15) is 0 Å². The lowest BCUT2D eigenvalue weighted by molar-refractivity contribution is -0.646. The lowest BCUT2D eigenvalue weighted by atomic mass is 10.3. The molecule has 26 heavy (non-hydrogen) atoms. The Kier molecular flexibility index (Phi) is 6.46. The second-order valence-corrected chi connectivity index (χ2v) is 6.61. The zero-order chi connectivity index (χ0) is 18.4. The average molecular weight is 361 g/mol. The highest BCUT2D eigenvalue weighted by Crippen LogP contribution is 2.16. The van der Waals surface area contributed by atoms with E-state index in [0.717, 1.165) is 63.3 Å². The molecule has 0 spiro atoms. The number of nitrogen functional groups attached to an aromatic ring is 1. The number of ether oxygens (including phenoxy) is 2. The van der Waals surface area contributed by atoms with Gasteiger partial charge in [-0.15, -0.1) is 0 Å². The minimum absolute atomic E-state index is 0.139. The standard InChI is InChI=1S/C19H28N4O3/c1-2-3-12-26-18(24)15-23-17-7-5-4-6-16(17)22(19(23)20)9-8-21-10-13-25-14-11-21/h4-7,20H,2-3,8-15H2,1H3/p+1. The van der Waals surface area contributed by atoms with Crippen LogP contribution in [0.15, 0.2) is 24.3 Å². The summed E-state index contributed by atoms with van der Waals surface area (Å²) < 4.78 is 14.7. The Labute approximate surface area is 154 Å². The number of morpholine rings is 1. The summed E-state index contributed by atoms with van der Waals surface area (Å²) in [5.74, 6) is 0.345. The maximum Gasteiger partial charge on any atom is 0.356 e. The van der Waals surface area contributed by atoms with Crippen molar-refractivity contribution in [2.45, 2.75) is 32.9 Å². The zero-order valence-electron chi connectivity index (χ0n) is 15.5. The number of hydrogen-bond acceptors (Lipinski definition) is 5. The molecule has 1 aliphatic rings. The summed E-state index contributed by atoms with van der Waals surface area (Å²) in [6.45, 7) is 7.83.